The highest BCUT2D eigenvalue weighted by Crippen LogP contribution is 2.35. The van der Waals surface area contributed by atoms with Crippen molar-refractivity contribution >= 4 is 27.6 Å². The van der Waals surface area contributed by atoms with Gasteiger partial charge in [-0.1, -0.05) is 19.1 Å². The van der Waals surface area contributed by atoms with E-state index in [1.807, 2.05) is 43.5 Å². The van der Waals surface area contributed by atoms with E-state index in [-0.39, 0.29) is 18.4 Å². The van der Waals surface area contributed by atoms with E-state index < -0.39 is 23.9 Å². The number of Topliss-reactive ketones (excluding diaryl/α,β-unsaturated/α-hetero) is 1. The summed E-state index contributed by atoms with van der Waals surface area (Å²) in [6.45, 7) is 2.31. The lowest BCUT2D eigenvalue weighted by molar-refractivity contribution is -0.153. The third-order valence-electron chi connectivity index (χ3n) is 6.28. The van der Waals surface area contributed by atoms with Crippen molar-refractivity contribution in [1.82, 2.24) is 24.5 Å². The van der Waals surface area contributed by atoms with Crippen LogP contribution in [-0.4, -0.2) is 65.1 Å². The second-order valence-corrected chi connectivity index (χ2v) is 9.58. The van der Waals surface area contributed by atoms with Gasteiger partial charge in [0.25, 0.3) is 5.91 Å². The number of halogens is 1. The summed E-state index contributed by atoms with van der Waals surface area (Å²) in [4.78, 5) is 27.2. The molecular formula is C24H28BrN5O4. The van der Waals surface area contributed by atoms with Crippen molar-refractivity contribution in [3.63, 3.8) is 0 Å². The maximum absolute atomic E-state index is 13.0. The van der Waals surface area contributed by atoms with Crippen LogP contribution < -0.4 is 0 Å². The van der Waals surface area contributed by atoms with Crippen LogP contribution in [0.4, 0.5) is 0 Å². The summed E-state index contributed by atoms with van der Waals surface area (Å²) in [6.07, 6.45) is 3.19. The first kappa shape index (κ1) is 24.3. The summed E-state index contributed by atoms with van der Waals surface area (Å²) < 4.78 is 4.16. The molecule has 1 fully saturated rings. The fraction of sp³-hybridized carbons (Fsp3) is 0.417. The number of aromatic nitrogens is 4. The van der Waals surface area contributed by atoms with Gasteiger partial charge in [0.2, 0.25) is 0 Å². The van der Waals surface area contributed by atoms with Crippen LogP contribution >= 0.6 is 15.9 Å². The van der Waals surface area contributed by atoms with Gasteiger partial charge in [0.1, 0.15) is 6.10 Å². The zero-order valence-corrected chi connectivity index (χ0v) is 20.7. The lowest BCUT2D eigenvalue weighted by Gasteiger charge is -2.28. The van der Waals surface area contributed by atoms with Crippen LogP contribution in [0.2, 0.25) is 0 Å². The topological polar surface area (TPSA) is 113 Å². The number of aryl methyl sites for hydroxylation is 1. The summed E-state index contributed by atoms with van der Waals surface area (Å²) in [5.41, 5.74) is 2.51. The molecule has 0 unspecified atom stereocenters. The first-order chi connectivity index (χ1) is 16.3. The Hall–Kier alpha value is -2.82. The van der Waals surface area contributed by atoms with Crippen molar-refractivity contribution in [2.45, 2.75) is 50.4 Å². The molecule has 0 aliphatic carbocycles. The summed E-state index contributed by atoms with van der Waals surface area (Å²) in [7, 11) is 1.79. The van der Waals surface area contributed by atoms with E-state index in [1.54, 1.807) is 28.8 Å². The first-order valence-corrected chi connectivity index (χ1v) is 12.0. The molecule has 0 spiro atoms. The molecule has 4 atom stereocenters. The standard InChI is InChI=1S/C24H28BrN5O4/c1-15(16-6-8-17(9-7-16)30-12-4-10-26-30)13-20(31)22(32)23(33)24(34)29-11-3-5-19(29)21-18(25)14-28(2)27-21/h4,6-10,12,14-15,19,22-23,32-33H,3,5,11,13H2,1-2H3/t15-,19+,22-,23+/m0/s1. The number of ketones is 1. The Kier molecular flexibility index (Phi) is 7.30. The molecule has 2 N–H and O–H groups in total. The number of likely N-dealkylation sites (tertiary alicyclic amines) is 1. The van der Waals surface area contributed by atoms with Crippen molar-refractivity contribution in [1.29, 1.82) is 0 Å². The SMILES string of the molecule is C[C@@H](CC(=O)[C@H](O)[C@@H](O)C(=O)N1CCC[C@@H]1c1nn(C)cc1Br)c1ccc(-n2cccn2)cc1. The molecule has 1 aliphatic rings. The Labute approximate surface area is 206 Å². The Bertz CT molecular complexity index is 1140. The van der Waals surface area contributed by atoms with E-state index >= 15 is 0 Å². The van der Waals surface area contributed by atoms with E-state index in [2.05, 4.69) is 26.1 Å². The van der Waals surface area contributed by atoms with Crippen molar-refractivity contribution in [2.75, 3.05) is 6.54 Å². The van der Waals surface area contributed by atoms with Gasteiger partial charge in [-0.3, -0.25) is 14.3 Å². The van der Waals surface area contributed by atoms with Gasteiger partial charge >= 0.3 is 0 Å². The molecule has 0 radical (unpaired) electrons. The maximum Gasteiger partial charge on any atom is 0.255 e. The smallest absolute Gasteiger partial charge is 0.255 e. The molecule has 1 amide bonds. The number of amides is 1. The van der Waals surface area contributed by atoms with Crippen LogP contribution in [0.1, 0.15) is 49.4 Å². The van der Waals surface area contributed by atoms with E-state index in [0.717, 1.165) is 22.1 Å². The molecule has 0 saturated carbocycles. The quantitative estimate of drug-likeness (QED) is 0.463. The molecule has 34 heavy (non-hydrogen) atoms. The van der Waals surface area contributed by atoms with Gasteiger partial charge in [-0.2, -0.15) is 10.2 Å². The normalized spacial score (nSPS) is 18.6. The van der Waals surface area contributed by atoms with Gasteiger partial charge < -0.3 is 15.1 Å². The average molecular weight is 530 g/mol. The molecule has 4 rings (SSSR count). The fourth-order valence-electron chi connectivity index (χ4n) is 4.42. The van der Waals surface area contributed by atoms with Crippen molar-refractivity contribution in [3.05, 3.63) is 64.7 Å². The molecule has 10 heteroatoms. The molecule has 180 valence electrons. The van der Waals surface area contributed by atoms with Gasteiger partial charge in [0.15, 0.2) is 11.9 Å². The number of hydrogen-bond acceptors (Lipinski definition) is 6. The van der Waals surface area contributed by atoms with Crippen molar-refractivity contribution < 1.29 is 19.8 Å². The molecule has 1 aromatic carbocycles. The molecule has 9 nitrogen and oxygen atoms in total. The van der Waals surface area contributed by atoms with Crippen LogP contribution in [0.3, 0.4) is 0 Å². The second-order valence-electron chi connectivity index (χ2n) is 8.73. The van der Waals surface area contributed by atoms with Gasteiger partial charge in [0.05, 0.1) is 21.9 Å². The van der Waals surface area contributed by atoms with Crippen LogP contribution in [0.25, 0.3) is 5.69 Å². The van der Waals surface area contributed by atoms with Crippen LogP contribution in [0, 0.1) is 0 Å². The highest BCUT2D eigenvalue weighted by Gasteiger charge is 2.40. The predicted molar refractivity (Wildman–Crippen MR) is 128 cm³/mol. The number of hydrogen-bond donors (Lipinski definition) is 2. The van der Waals surface area contributed by atoms with Crippen LogP contribution in [0.15, 0.2) is 53.4 Å². The van der Waals surface area contributed by atoms with E-state index in [4.69, 9.17) is 0 Å². The molecule has 1 aliphatic heterocycles. The van der Waals surface area contributed by atoms with Gasteiger partial charge in [-0.15, -0.1) is 0 Å². The number of aliphatic hydroxyl groups is 2. The van der Waals surface area contributed by atoms with Crippen molar-refractivity contribution in [3.8, 4) is 5.69 Å². The first-order valence-electron chi connectivity index (χ1n) is 11.2. The van der Waals surface area contributed by atoms with E-state index in [1.165, 1.54) is 4.90 Å². The predicted octanol–water partition coefficient (Wildman–Crippen LogP) is 2.52. The number of carbonyl (C=O) groups excluding carboxylic acids is 2. The van der Waals surface area contributed by atoms with Crippen molar-refractivity contribution in [2.24, 2.45) is 7.05 Å². The second kappa shape index (κ2) is 10.2. The Morgan fingerprint density at radius 3 is 2.56 bits per heavy atom. The summed E-state index contributed by atoms with van der Waals surface area (Å²) in [5.74, 6) is -1.42. The highest BCUT2D eigenvalue weighted by molar-refractivity contribution is 9.10. The Morgan fingerprint density at radius 2 is 1.94 bits per heavy atom. The third kappa shape index (κ3) is 4.98. The highest BCUT2D eigenvalue weighted by atomic mass is 79.9. The number of carbonyl (C=O) groups is 2. The third-order valence-corrected chi connectivity index (χ3v) is 6.89. The molecule has 0 bridgehead atoms. The number of benzene rings is 1. The molecule has 3 heterocycles. The number of rotatable bonds is 8. The lowest BCUT2D eigenvalue weighted by atomic mass is 9.92. The molecule has 1 saturated heterocycles. The summed E-state index contributed by atoms with van der Waals surface area (Å²) in [6, 6.07) is 9.14. The molecular weight excluding hydrogens is 502 g/mol. The van der Waals surface area contributed by atoms with Gasteiger partial charge in [-0.05, 0) is 58.5 Å². The van der Waals surface area contributed by atoms with E-state index in [0.29, 0.717) is 18.7 Å². The minimum Gasteiger partial charge on any atom is -0.382 e. The minimum absolute atomic E-state index is 0.00183. The lowest BCUT2D eigenvalue weighted by Crippen LogP contribution is -2.47. The average Bonchev–Trinajstić information content (AvgIpc) is 3.58. The van der Waals surface area contributed by atoms with E-state index in [9.17, 15) is 19.8 Å². The Morgan fingerprint density at radius 1 is 1.21 bits per heavy atom. The monoisotopic (exact) mass is 529 g/mol. The largest absolute Gasteiger partial charge is 0.382 e. The van der Waals surface area contributed by atoms with Crippen LogP contribution in [-0.2, 0) is 16.6 Å². The molecule has 3 aromatic rings. The molecule has 2 aromatic heterocycles. The van der Waals surface area contributed by atoms with Gasteiger partial charge in [0, 0.05) is 38.6 Å². The Balaban J connectivity index is 1.38. The zero-order valence-electron chi connectivity index (χ0n) is 19.1. The van der Waals surface area contributed by atoms with Crippen LogP contribution in [0.5, 0.6) is 0 Å². The maximum atomic E-state index is 13.0. The number of nitrogens with zero attached hydrogens (tertiary/aromatic N) is 5. The zero-order chi connectivity index (χ0) is 24.4. The van der Waals surface area contributed by atoms with Gasteiger partial charge in [-0.25, -0.2) is 4.68 Å². The minimum atomic E-state index is -1.81. The fourth-order valence-corrected chi connectivity index (χ4v) is 5.06. The number of aliphatic hydroxyl groups excluding tert-OH is 2. The summed E-state index contributed by atoms with van der Waals surface area (Å²) in [5, 5.41) is 29.7. The summed E-state index contributed by atoms with van der Waals surface area (Å²) >= 11 is 3.47.